The van der Waals surface area contributed by atoms with Crippen LogP contribution in [0.5, 0.6) is 0 Å². The van der Waals surface area contributed by atoms with Crippen LogP contribution in [-0.2, 0) is 16.1 Å². The van der Waals surface area contributed by atoms with Crippen molar-refractivity contribution < 1.29 is 14.3 Å². The molecule has 0 saturated carbocycles. The second-order valence-electron chi connectivity index (χ2n) is 7.36. The summed E-state index contributed by atoms with van der Waals surface area (Å²) in [4.78, 5) is 44.6. The number of fused-ring (bicyclic) bond motifs is 1. The second-order valence-corrected chi connectivity index (χ2v) is 8.36. The van der Waals surface area contributed by atoms with Crippen molar-refractivity contribution in [2.45, 2.75) is 33.4 Å². The first-order valence-electron chi connectivity index (χ1n) is 9.44. The lowest BCUT2D eigenvalue weighted by atomic mass is 10.2. The lowest BCUT2D eigenvalue weighted by Gasteiger charge is -2.13. The van der Waals surface area contributed by atoms with Crippen LogP contribution >= 0.6 is 11.3 Å². The Balaban J connectivity index is 1.81. The average Bonchev–Trinajstić information content (AvgIpc) is 3.01. The van der Waals surface area contributed by atoms with E-state index in [1.165, 1.54) is 10.9 Å². The normalized spacial score (nSPS) is 11.0. The number of esters is 1. The van der Waals surface area contributed by atoms with Crippen LogP contribution in [-0.4, -0.2) is 41.6 Å². The number of hydrogen-bond acceptors (Lipinski definition) is 7. The summed E-state index contributed by atoms with van der Waals surface area (Å²) in [5.41, 5.74) is 1.80. The maximum atomic E-state index is 12.9. The highest BCUT2D eigenvalue weighted by Crippen LogP contribution is 2.27. The van der Waals surface area contributed by atoms with E-state index in [0.29, 0.717) is 26.3 Å². The van der Waals surface area contributed by atoms with E-state index in [2.05, 4.69) is 10.3 Å². The van der Waals surface area contributed by atoms with E-state index in [1.54, 1.807) is 32.9 Å². The number of anilines is 2. The van der Waals surface area contributed by atoms with Crippen molar-refractivity contribution in [1.82, 2.24) is 9.55 Å². The van der Waals surface area contributed by atoms with Crippen LogP contribution in [0.2, 0.25) is 0 Å². The molecule has 8 nitrogen and oxygen atoms in total. The lowest BCUT2D eigenvalue weighted by Crippen LogP contribution is -2.28. The summed E-state index contributed by atoms with van der Waals surface area (Å²) in [7, 11) is 3.87. The van der Waals surface area contributed by atoms with Crippen molar-refractivity contribution in [3.8, 4) is 0 Å². The molecule has 1 N–H and O–H groups in total. The first-order valence-corrected chi connectivity index (χ1v) is 10.3. The molecule has 3 rings (SSSR count). The molecule has 158 valence electrons. The predicted octanol–water partition coefficient (Wildman–Crippen LogP) is 3.04. The Morgan fingerprint density at radius 3 is 2.50 bits per heavy atom. The molecule has 3 aromatic rings. The molecule has 2 heterocycles. The summed E-state index contributed by atoms with van der Waals surface area (Å²) in [6.45, 7) is 5.03. The third kappa shape index (κ3) is 4.51. The van der Waals surface area contributed by atoms with Gasteiger partial charge in [0.2, 0.25) is 5.91 Å². The highest BCUT2D eigenvalue weighted by Gasteiger charge is 2.21. The van der Waals surface area contributed by atoms with E-state index < -0.39 is 5.97 Å². The van der Waals surface area contributed by atoms with Gasteiger partial charge in [-0.1, -0.05) is 0 Å². The number of ether oxygens (including phenoxy) is 1. The number of nitrogens with one attached hydrogen (secondary N) is 1. The molecule has 2 aromatic heterocycles. The number of hydrogen-bond donors (Lipinski definition) is 1. The minimum Gasteiger partial charge on any atom is -0.459 e. The van der Waals surface area contributed by atoms with Crippen molar-refractivity contribution in [2.75, 3.05) is 24.3 Å². The summed E-state index contributed by atoms with van der Waals surface area (Å²) in [5, 5.41) is 3.11. The molecule has 0 saturated heterocycles. The number of benzene rings is 1. The number of carbonyl (C=O) groups excluding carboxylic acids is 2. The molecule has 0 unspecified atom stereocenters. The number of aryl methyl sites for hydroxylation is 1. The average molecular weight is 429 g/mol. The van der Waals surface area contributed by atoms with Crippen molar-refractivity contribution >= 4 is 44.8 Å². The molecule has 1 amide bonds. The van der Waals surface area contributed by atoms with Gasteiger partial charge in [0.15, 0.2) is 0 Å². The zero-order valence-electron chi connectivity index (χ0n) is 17.6. The number of nitrogens with zero attached hydrogens (tertiary/aromatic N) is 3. The minimum atomic E-state index is -0.477. The monoisotopic (exact) mass is 428 g/mol. The van der Waals surface area contributed by atoms with Crippen molar-refractivity contribution in [1.29, 1.82) is 0 Å². The van der Waals surface area contributed by atoms with Crippen LogP contribution in [0.25, 0.3) is 10.2 Å². The number of aromatic nitrogens is 2. The number of thiophene rings is 1. The third-order valence-corrected chi connectivity index (χ3v) is 5.61. The third-order valence-electron chi connectivity index (χ3n) is 4.43. The Morgan fingerprint density at radius 2 is 1.90 bits per heavy atom. The Bertz CT molecular complexity index is 1150. The van der Waals surface area contributed by atoms with E-state index in [1.807, 2.05) is 31.1 Å². The fourth-order valence-corrected chi connectivity index (χ4v) is 3.95. The molecule has 0 aliphatic heterocycles. The van der Waals surface area contributed by atoms with E-state index in [0.717, 1.165) is 17.0 Å². The first kappa shape index (κ1) is 21.5. The zero-order valence-corrected chi connectivity index (χ0v) is 18.4. The van der Waals surface area contributed by atoms with Gasteiger partial charge in [0.1, 0.15) is 16.3 Å². The maximum absolute atomic E-state index is 12.9. The Labute approximate surface area is 178 Å². The maximum Gasteiger partial charge on any atom is 0.348 e. The molecule has 1 aromatic carbocycles. The van der Waals surface area contributed by atoms with Crippen LogP contribution in [0, 0.1) is 6.92 Å². The van der Waals surface area contributed by atoms with Crippen molar-refractivity contribution in [2.24, 2.45) is 0 Å². The van der Waals surface area contributed by atoms with Crippen LogP contribution in [0.1, 0.15) is 29.1 Å². The second kappa shape index (κ2) is 8.66. The first-order chi connectivity index (χ1) is 14.2. The molecule has 0 spiro atoms. The molecular formula is C21H24N4O4S. The molecule has 0 radical (unpaired) electrons. The zero-order chi connectivity index (χ0) is 22.0. The molecule has 0 atom stereocenters. The summed E-state index contributed by atoms with van der Waals surface area (Å²) < 4.78 is 6.48. The van der Waals surface area contributed by atoms with Gasteiger partial charge in [-0.2, -0.15) is 0 Å². The largest absolute Gasteiger partial charge is 0.459 e. The predicted molar refractivity (Wildman–Crippen MR) is 119 cm³/mol. The van der Waals surface area contributed by atoms with Gasteiger partial charge in [-0.05, 0) is 50.6 Å². The van der Waals surface area contributed by atoms with Gasteiger partial charge in [0.25, 0.3) is 5.56 Å². The van der Waals surface area contributed by atoms with Gasteiger partial charge < -0.3 is 15.0 Å². The van der Waals surface area contributed by atoms with Gasteiger partial charge in [-0.25, -0.2) is 9.78 Å². The van der Waals surface area contributed by atoms with Crippen LogP contribution in [0.15, 0.2) is 35.4 Å². The van der Waals surface area contributed by atoms with Crippen molar-refractivity contribution in [3.05, 3.63) is 51.4 Å². The van der Waals surface area contributed by atoms with E-state index in [9.17, 15) is 14.4 Å². The minimum absolute atomic E-state index is 0.182. The van der Waals surface area contributed by atoms with Crippen LogP contribution < -0.4 is 15.8 Å². The van der Waals surface area contributed by atoms with Gasteiger partial charge in [0, 0.05) is 25.5 Å². The number of rotatable bonds is 6. The fraction of sp³-hybridized carbons (Fsp3) is 0.333. The lowest BCUT2D eigenvalue weighted by molar-refractivity contribution is -0.116. The number of amides is 1. The summed E-state index contributed by atoms with van der Waals surface area (Å²) in [5.74, 6) is -0.821. The van der Waals surface area contributed by atoms with Gasteiger partial charge >= 0.3 is 5.97 Å². The van der Waals surface area contributed by atoms with Crippen LogP contribution in [0.3, 0.4) is 0 Å². The Morgan fingerprint density at radius 1 is 1.23 bits per heavy atom. The summed E-state index contributed by atoms with van der Waals surface area (Å²) in [6.07, 6.45) is 1.06. The topological polar surface area (TPSA) is 93.5 Å². The Hall–Kier alpha value is -3.20. The molecule has 0 bridgehead atoms. The van der Waals surface area contributed by atoms with Gasteiger partial charge in [-0.3, -0.25) is 14.2 Å². The SMILES string of the molecule is Cc1c(C(=O)OC(C)C)sc2ncn(CC(=O)Nc3ccc(N(C)C)cc3)c(=O)c12. The highest BCUT2D eigenvalue weighted by atomic mass is 32.1. The molecule has 30 heavy (non-hydrogen) atoms. The summed E-state index contributed by atoms with van der Waals surface area (Å²) in [6, 6.07) is 7.38. The molecule has 9 heteroatoms. The van der Waals surface area contributed by atoms with E-state index >= 15 is 0 Å². The van der Waals surface area contributed by atoms with Gasteiger partial charge in [0.05, 0.1) is 17.8 Å². The van der Waals surface area contributed by atoms with Crippen molar-refractivity contribution in [3.63, 3.8) is 0 Å². The summed E-state index contributed by atoms with van der Waals surface area (Å²) >= 11 is 1.12. The standard InChI is InChI=1S/C21H24N4O4S/c1-12(2)29-21(28)18-13(3)17-19(30-18)22-11-25(20(17)27)10-16(26)23-14-6-8-15(9-7-14)24(4)5/h6-9,11-12H,10H2,1-5H3,(H,23,26). The van der Waals surface area contributed by atoms with E-state index in [-0.39, 0.29) is 24.1 Å². The Kier molecular flexibility index (Phi) is 6.21. The van der Waals surface area contributed by atoms with E-state index in [4.69, 9.17) is 4.74 Å². The highest BCUT2D eigenvalue weighted by molar-refractivity contribution is 7.20. The quantitative estimate of drug-likeness (QED) is 0.607. The molecule has 0 aliphatic carbocycles. The van der Waals surface area contributed by atoms with Gasteiger partial charge in [-0.15, -0.1) is 11.3 Å². The molecular weight excluding hydrogens is 404 g/mol. The fourth-order valence-electron chi connectivity index (χ4n) is 2.93. The molecule has 0 aliphatic rings. The van der Waals surface area contributed by atoms with Crippen LogP contribution in [0.4, 0.5) is 11.4 Å². The molecule has 0 fully saturated rings. The smallest absolute Gasteiger partial charge is 0.348 e. The number of carbonyl (C=O) groups is 2.